The molecule has 0 spiro atoms. The maximum absolute atomic E-state index is 12.1. The second kappa shape index (κ2) is 4.44. The summed E-state index contributed by atoms with van der Waals surface area (Å²) in [6, 6.07) is 0.187. The minimum Gasteiger partial charge on any atom is -0.363 e. The number of carbonyl (C=O) groups is 1. The van der Waals surface area contributed by atoms with Crippen LogP contribution >= 0.6 is 0 Å². The Bertz CT molecular complexity index is 240. The van der Waals surface area contributed by atoms with Gasteiger partial charge in [-0.1, -0.05) is 6.58 Å². The summed E-state index contributed by atoms with van der Waals surface area (Å²) in [7, 11) is 0. The maximum atomic E-state index is 12.1. The largest absolute Gasteiger partial charge is 0.363 e. The minimum absolute atomic E-state index is 0.0697. The van der Waals surface area contributed by atoms with Crippen LogP contribution in [0.3, 0.4) is 0 Å². The van der Waals surface area contributed by atoms with Crippen LogP contribution in [0.1, 0.15) is 13.8 Å². The number of amides is 1. The minimum atomic E-state index is -0.437. The van der Waals surface area contributed by atoms with Crippen molar-refractivity contribution in [3.05, 3.63) is 12.3 Å². The van der Waals surface area contributed by atoms with Crippen LogP contribution in [0.25, 0.3) is 0 Å². The van der Waals surface area contributed by atoms with Gasteiger partial charge in [-0.25, -0.2) is 4.39 Å². The summed E-state index contributed by atoms with van der Waals surface area (Å²) >= 11 is 0. The Kier molecular flexibility index (Phi) is 3.49. The molecule has 1 aliphatic heterocycles. The van der Waals surface area contributed by atoms with E-state index in [0.717, 1.165) is 0 Å². The van der Waals surface area contributed by atoms with Crippen LogP contribution in [0.5, 0.6) is 0 Å². The first-order chi connectivity index (χ1) is 6.57. The van der Waals surface area contributed by atoms with E-state index in [1.54, 1.807) is 9.80 Å². The fourth-order valence-corrected chi connectivity index (χ4v) is 1.61. The lowest BCUT2D eigenvalue weighted by Gasteiger charge is -2.38. The van der Waals surface area contributed by atoms with Crippen LogP contribution in [0, 0.1) is 0 Å². The summed E-state index contributed by atoms with van der Waals surface area (Å²) in [5.41, 5.74) is 0.419. The van der Waals surface area contributed by atoms with E-state index in [1.807, 2.05) is 13.8 Å². The van der Waals surface area contributed by atoms with Gasteiger partial charge in [-0.05, 0) is 13.8 Å². The van der Waals surface area contributed by atoms with E-state index in [0.29, 0.717) is 18.8 Å². The van der Waals surface area contributed by atoms with E-state index in [-0.39, 0.29) is 18.5 Å². The molecule has 0 aromatic rings. The summed E-state index contributed by atoms with van der Waals surface area (Å²) in [6.45, 7) is 8.82. The molecular weight excluding hydrogens is 183 g/mol. The van der Waals surface area contributed by atoms with Gasteiger partial charge in [0.2, 0.25) is 0 Å². The molecule has 0 radical (unpaired) electrons. The molecule has 0 bridgehead atoms. The molecule has 1 aliphatic rings. The first-order valence-electron chi connectivity index (χ1n) is 4.88. The van der Waals surface area contributed by atoms with E-state index in [1.165, 1.54) is 0 Å². The van der Waals surface area contributed by atoms with Crippen LogP contribution in [0.2, 0.25) is 0 Å². The molecule has 0 saturated carbocycles. The third-order valence-corrected chi connectivity index (χ3v) is 2.48. The first-order valence-corrected chi connectivity index (χ1v) is 4.88. The highest BCUT2D eigenvalue weighted by Gasteiger charge is 2.28. The van der Waals surface area contributed by atoms with E-state index in [2.05, 4.69) is 6.58 Å². The predicted octanol–water partition coefficient (Wildman–Crippen LogP) is 1.02. The number of hydrogen-bond donors (Lipinski definition) is 0. The zero-order valence-corrected chi connectivity index (χ0v) is 8.79. The number of piperazine rings is 1. The summed E-state index contributed by atoms with van der Waals surface area (Å²) in [6.07, 6.45) is 0. The topological polar surface area (TPSA) is 23.6 Å². The summed E-state index contributed by atoms with van der Waals surface area (Å²) in [5.74, 6) is -0.0697. The van der Waals surface area contributed by atoms with E-state index in [4.69, 9.17) is 0 Å². The second-order valence-corrected chi connectivity index (χ2v) is 3.72. The van der Waals surface area contributed by atoms with Gasteiger partial charge in [0.15, 0.2) is 0 Å². The fourth-order valence-electron chi connectivity index (χ4n) is 1.61. The standard InChI is InChI=1S/C10H17FN2O/c1-8(2)13-7-6-12(5-4-11)9(3)10(13)14/h8H,3-7H2,1-2H3. The van der Waals surface area contributed by atoms with Crippen LogP contribution in [0.4, 0.5) is 4.39 Å². The highest BCUT2D eigenvalue weighted by Crippen LogP contribution is 2.15. The lowest BCUT2D eigenvalue weighted by molar-refractivity contribution is -0.133. The van der Waals surface area contributed by atoms with E-state index < -0.39 is 6.67 Å². The molecule has 0 N–H and O–H groups in total. The molecule has 1 heterocycles. The number of nitrogens with zero attached hydrogens (tertiary/aromatic N) is 2. The fraction of sp³-hybridized carbons (Fsp3) is 0.700. The molecule has 0 aromatic heterocycles. The van der Waals surface area contributed by atoms with Gasteiger partial charge < -0.3 is 9.80 Å². The van der Waals surface area contributed by atoms with Crippen molar-refractivity contribution in [2.45, 2.75) is 19.9 Å². The Morgan fingerprint density at radius 2 is 2.14 bits per heavy atom. The highest BCUT2D eigenvalue weighted by molar-refractivity contribution is 5.93. The normalized spacial score (nSPS) is 18.3. The molecule has 1 amide bonds. The Balaban J connectivity index is 2.65. The molecule has 1 saturated heterocycles. The van der Waals surface area contributed by atoms with Crippen molar-refractivity contribution in [1.29, 1.82) is 0 Å². The molecule has 14 heavy (non-hydrogen) atoms. The Morgan fingerprint density at radius 3 is 2.64 bits per heavy atom. The van der Waals surface area contributed by atoms with E-state index in [9.17, 15) is 9.18 Å². The lowest BCUT2D eigenvalue weighted by Crippen LogP contribution is -2.51. The SMILES string of the molecule is C=C1C(=O)N(C(C)C)CCN1CCF. The van der Waals surface area contributed by atoms with Crippen LogP contribution in [0.15, 0.2) is 12.3 Å². The highest BCUT2D eigenvalue weighted by atomic mass is 19.1. The molecule has 80 valence electrons. The number of hydrogen-bond acceptors (Lipinski definition) is 2. The molecule has 1 fully saturated rings. The monoisotopic (exact) mass is 200 g/mol. The van der Waals surface area contributed by atoms with Crippen molar-refractivity contribution in [2.24, 2.45) is 0 Å². The van der Waals surface area contributed by atoms with Crippen molar-refractivity contribution in [3.63, 3.8) is 0 Å². The number of halogens is 1. The smallest absolute Gasteiger partial charge is 0.269 e. The average molecular weight is 200 g/mol. The van der Waals surface area contributed by atoms with Gasteiger partial charge >= 0.3 is 0 Å². The summed E-state index contributed by atoms with van der Waals surface area (Å²) in [4.78, 5) is 15.2. The number of alkyl halides is 1. The van der Waals surface area contributed by atoms with Crippen LogP contribution < -0.4 is 0 Å². The molecule has 0 unspecified atom stereocenters. The zero-order chi connectivity index (χ0) is 10.7. The van der Waals surface area contributed by atoms with Gasteiger partial charge in [0.05, 0.1) is 5.70 Å². The second-order valence-electron chi connectivity index (χ2n) is 3.72. The Hall–Kier alpha value is -1.06. The molecule has 1 rings (SSSR count). The first kappa shape index (κ1) is 11.0. The molecule has 4 heteroatoms. The quantitative estimate of drug-likeness (QED) is 0.635. The zero-order valence-electron chi connectivity index (χ0n) is 8.79. The summed E-state index contributed by atoms with van der Waals surface area (Å²) in [5, 5.41) is 0. The van der Waals surface area contributed by atoms with Crippen molar-refractivity contribution < 1.29 is 9.18 Å². The van der Waals surface area contributed by atoms with Crippen molar-refractivity contribution in [3.8, 4) is 0 Å². The van der Waals surface area contributed by atoms with Gasteiger partial charge in [-0.2, -0.15) is 0 Å². The predicted molar refractivity (Wildman–Crippen MR) is 53.5 cm³/mol. The van der Waals surface area contributed by atoms with Gasteiger partial charge in [0.1, 0.15) is 6.67 Å². The molecule has 0 atom stereocenters. The lowest BCUT2D eigenvalue weighted by atomic mass is 10.2. The third-order valence-electron chi connectivity index (χ3n) is 2.48. The van der Waals surface area contributed by atoms with Crippen molar-refractivity contribution in [1.82, 2.24) is 9.80 Å². The maximum Gasteiger partial charge on any atom is 0.269 e. The number of carbonyl (C=O) groups excluding carboxylic acids is 1. The van der Waals surface area contributed by atoms with E-state index >= 15 is 0 Å². The van der Waals surface area contributed by atoms with Crippen LogP contribution in [-0.2, 0) is 4.79 Å². The number of rotatable bonds is 3. The average Bonchev–Trinajstić information content (AvgIpc) is 2.13. The van der Waals surface area contributed by atoms with Gasteiger partial charge in [-0.3, -0.25) is 4.79 Å². The molecule has 0 aromatic carbocycles. The Labute approximate surface area is 84.2 Å². The Morgan fingerprint density at radius 1 is 1.50 bits per heavy atom. The van der Waals surface area contributed by atoms with Crippen LogP contribution in [-0.4, -0.2) is 48.1 Å². The van der Waals surface area contributed by atoms with Crippen molar-refractivity contribution in [2.75, 3.05) is 26.3 Å². The van der Waals surface area contributed by atoms with Crippen molar-refractivity contribution >= 4 is 5.91 Å². The molecular formula is C10H17FN2O. The van der Waals surface area contributed by atoms with Gasteiger partial charge in [0.25, 0.3) is 5.91 Å². The molecule has 3 nitrogen and oxygen atoms in total. The third kappa shape index (κ3) is 2.05. The van der Waals surface area contributed by atoms with Gasteiger partial charge in [-0.15, -0.1) is 0 Å². The molecule has 0 aliphatic carbocycles. The van der Waals surface area contributed by atoms with Gasteiger partial charge in [0, 0.05) is 25.7 Å². The summed E-state index contributed by atoms with van der Waals surface area (Å²) < 4.78 is 12.1.